The summed E-state index contributed by atoms with van der Waals surface area (Å²) < 4.78 is 23.1. The number of benzene rings is 2. The van der Waals surface area contributed by atoms with Gasteiger partial charge in [-0.15, -0.1) is 0 Å². The average molecular weight is 442 g/mol. The second-order valence-electron chi connectivity index (χ2n) is 7.40. The molecule has 2 aromatic rings. The lowest BCUT2D eigenvalue weighted by atomic mass is 10.1. The molecule has 32 heavy (non-hydrogen) atoms. The molecule has 0 saturated carbocycles. The number of unbranched alkanes of at least 4 members (excludes halogenated alkanes) is 1. The van der Waals surface area contributed by atoms with Crippen molar-refractivity contribution in [3.8, 4) is 23.0 Å². The molecule has 0 aliphatic heterocycles. The van der Waals surface area contributed by atoms with Crippen LogP contribution < -0.4 is 18.9 Å². The van der Waals surface area contributed by atoms with Crippen molar-refractivity contribution < 1.29 is 23.8 Å². The van der Waals surface area contributed by atoms with Crippen LogP contribution in [0.15, 0.2) is 47.6 Å². The topological polar surface area (TPSA) is 58.5 Å². The molecule has 0 bridgehead atoms. The molecule has 0 radical (unpaired) electrons. The van der Waals surface area contributed by atoms with Gasteiger partial charge in [0.15, 0.2) is 11.5 Å². The number of ether oxygens (including phenoxy) is 4. The Labute approximate surface area is 191 Å². The van der Waals surface area contributed by atoms with E-state index in [-0.39, 0.29) is 0 Å². The smallest absolute Gasteiger partial charge is 0.161 e. The van der Waals surface area contributed by atoms with Crippen molar-refractivity contribution in [1.82, 2.24) is 0 Å². The zero-order chi connectivity index (χ0) is 23.3. The van der Waals surface area contributed by atoms with Crippen LogP contribution in [0, 0.1) is 13.8 Å². The average Bonchev–Trinajstić information content (AvgIpc) is 2.78. The van der Waals surface area contributed by atoms with Crippen LogP contribution in [-0.4, -0.2) is 39.8 Å². The van der Waals surface area contributed by atoms with Gasteiger partial charge in [-0.25, -0.2) is 0 Å². The lowest BCUT2D eigenvalue weighted by molar-refractivity contribution is 0.213. The van der Waals surface area contributed by atoms with E-state index < -0.39 is 0 Å². The molecule has 0 aromatic heterocycles. The molecular formula is C26H35NO5. The fourth-order valence-electron chi connectivity index (χ4n) is 3.22. The van der Waals surface area contributed by atoms with Crippen molar-refractivity contribution in [3.63, 3.8) is 0 Å². The van der Waals surface area contributed by atoms with Gasteiger partial charge in [-0.05, 0) is 82.0 Å². The van der Waals surface area contributed by atoms with Crippen LogP contribution in [-0.2, 0) is 4.84 Å². The summed E-state index contributed by atoms with van der Waals surface area (Å²) in [5.41, 5.74) is 3.86. The Balaban J connectivity index is 1.80. The molecule has 0 N–H and O–H groups in total. The van der Waals surface area contributed by atoms with Gasteiger partial charge >= 0.3 is 0 Å². The first-order chi connectivity index (χ1) is 15.5. The molecule has 2 aromatic carbocycles. The van der Waals surface area contributed by atoms with Gasteiger partial charge in [0.2, 0.25) is 0 Å². The molecule has 6 nitrogen and oxygen atoms in total. The summed E-state index contributed by atoms with van der Waals surface area (Å²) in [6.07, 6.45) is 5.72. The van der Waals surface area contributed by atoms with Crippen molar-refractivity contribution in [2.45, 2.75) is 40.5 Å². The summed E-state index contributed by atoms with van der Waals surface area (Å²) in [7, 11) is 3.16. The number of rotatable bonds is 13. The normalized spacial score (nSPS) is 11.5. The first-order valence-corrected chi connectivity index (χ1v) is 10.9. The molecule has 174 valence electrons. The Morgan fingerprint density at radius 2 is 1.59 bits per heavy atom. The van der Waals surface area contributed by atoms with E-state index in [1.807, 2.05) is 70.2 Å². The molecule has 0 spiro atoms. The molecule has 0 unspecified atom stereocenters. The Kier molecular flexibility index (Phi) is 10.4. The molecule has 0 saturated heterocycles. The number of methoxy groups -OCH3 is 1. The van der Waals surface area contributed by atoms with Gasteiger partial charge in [0.05, 0.1) is 26.0 Å². The summed E-state index contributed by atoms with van der Waals surface area (Å²) in [6, 6.07) is 9.77. The fraction of sp³-hybridized carbons (Fsp3) is 0.423. The van der Waals surface area contributed by atoms with E-state index in [0.717, 1.165) is 46.7 Å². The lowest BCUT2D eigenvalue weighted by Gasteiger charge is -2.15. The molecule has 0 aliphatic rings. The molecule has 0 heterocycles. The molecule has 2 rings (SSSR count). The van der Waals surface area contributed by atoms with E-state index in [1.54, 1.807) is 7.11 Å². The highest BCUT2D eigenvalue weighted by Gasteiger charge is 2.09. The van der Waals surface area contributed by atoms with Gasteiger partial charge in [0.25, 0.3) is 0 Å². The van der Waals surface area contributed by atoms with Crippen LogP contribution in [0.2, 0.25) is 0 Å². The van der Waals surface area contributed by atoms with Gasteiger partial charge < -0.3 is 23.8 Å². The van der Waals surface area contributed by atoms with Crippen molar-refractivity contribution in [1.29, 1.82) is 0 Å². The largest absolute Gasteiger partial charge is 0.493 e. The van der Waals surface area contributed by atoms with Crippen molar-refractivity contribution in [3.05, 3.63) is 59.2 Å². The number of aryl methyl sites for hydroxylation is 2. The maximum Gasteiger partial charge on any atom is 0.161 e. The van der Waals surface area contributed by atoms with Crippen LogP contribution >= 0.6 is 0 Å². The van der Waals surface area contributed by atoms with Crippen molar-refractivity contribution in [2.24, 2.45) is 5.16 Å². The third-order valence-electron chi connectivity index (χ3n) is 4.87. The SMILES string of the molecule is C/C=C/COc1cc(C)c(OCCCCOc2ccc(/C(C)=N/OC)cc2OC)c(C)c1. The predicted octanol–water partition coefficient (Wildman–Crippen LogP) is 5.88. The highest BCUT2D eigenvalue weighted by Crippen LogP contribution is 2.30. The third-order valence-corrected chi connectivity index (χ3v) is 4.87. The van der Waals surface area contributed by atoms with Crippen molar-refractivity contribution >= 4 is 5.71 Å². The monoisotopic (exact) mass is 441 g/mol. The minimum absolute atomic E-state index is 0.573. The highest BCUT2D eigenvalue weighted by molar-refractivity contribution is 5.98. The summed E-state index contributed by atoms with van der Waals surface area (Å²) >= 11 is 0. The Morgan fingerprint density at radius 1 is 0.906 bits per heavy atom. The van der Waals surface area contributed by atoms with Crippen LogP contribution in [0.25, 0.3) is 0 Å². The van der Waals surface area contributed by atoms with E-state index in [0.29, 0.717) is 31.3 Å². The quantitative estimate of drug-likeness (QED) is 0.168. The Hall–Kier alpha value is -3.15. The van der Waals surface area contributed by atoms with E-state index in [2.05, 4.69) is 5.16 Å². The molecule has 0 atom stereocenters. The van der Waals surface area contributed by atoms with Gasteiger partial charge in [-0.2, -0.15) is 0 Å². The summed E-state index contributed by atoms with van der Waals surface area (Å²) in [6.45, 7) is 9.74. The minimum Gasteiger partial charge on any atom is -0.493 e. The first-order valence-electron chi connectivity index (χ1n) is 10.9. The van der Waals surface area contributed by atoms with E-state index in [4.69, 9.17) is 23.8 Å². The van der Waals surface area contributed by atoms with Gasteiger partial charge in [-0.1, -0.05) is 17.3 Å². The highest BCUT2D eigenvalue weighted by atomic mass is 16.6. The predicted molar refractivity (Wildman–Crippen MR) is 129 cm³/mol. The number of allylic oxidation sites excluding steroid dienone is 1. The Morgan fingerprint density at radius 3 is 2.22 bits per heavy atom. The summed E-state index contributed by atoms with van der Waals surface area (Å²) in [5.74, 6) is 3.17. The van der Waals surface area contributed by atoms with Crippen LogP contribution in [0.5, 0.6) is 23.0 Å². The molecular weight excluding hydrogens is 406 g/mol. The van der Waals surface area contributed by atoms with E-state index in [9.17, 15) is 0 Å². The Bertz CT molecular complexity index is 897. The zero-order valence-electron chi connectivity index (χ0n) is 20.1. The van der Waals surface area contributed by atoms with E-state index >= 15 is 0 Å². The second-order valence-corrected chi connectivity index (χ2v) is 7.40. The van der Waals surface area contributed by atoms with Crippen LogP contribution in [0.1, 0.15) is 43.4 Å². The summed E-state index contributed by atoms with van der Waals surface area (Å²) in [5, 5.41) is 3.95. The standard InChI is InChI=1S/C26H35NO5/c1-7-8-13-30-23-16-19(2)26(20(3)17-23)32-15-10-9-14-31-24-12-11-22(18-25(24)28-5)21(4)27-29-6/h7-8,11-12,16-18H,9-10,13-15H2,1-6H3/b8-7+,27-21+. The zero-order valence-corrected chi connectivity index (χ0v) is 20.1. The van der Waals surface area contributed by atoms with Crippen LogP contribution in [0.4, 0.5) is 0 Å². The van der Waals surface area contributed by atoms with E-state index in [1.165, 1.54) is 7.11 Å². The van der Waals surface area contributed by atoms with Gasteiger partial charge in [-0.3, -0.25) is 0 Å². The lowest BCUT2D eigenvalue weighted by Crippen LogP contribution is -2.05. The third kappa shape index (κ3) is 7.52. The molecule has 0 fully saturated rings. The maximum atomic E-state index is 6.04. The number of oxime groups is 1. The summed E-state index contributed by atoms with van der Waals surface area (Å²) in [4.78, 5) is 4.83. The first kappa shape index (κ1) is 25.1. The fourth-order valence-corrected chi connectivity index (χ4v) is 3.22. The second kappa shape index (κ2) is 13.3. The minimum atomic E-state index is 0.573. The molecule has 0 aliphatic carbocycles. The van der Waals surface area contributed by atoms with Crippen molar-refractivity contribution in [2.75, 3.05) is 34.0 Å². The number of nitrogens with zero attached hydrogens (tertiary/aromatic N) is 1. The molecule has 0 amide bonds. The van der Waals surface area contributed by atoms with Crippen LogP contribution in [0.3, 0.4) is 0 Å². The number of hydrogen-bond donors (Lipinski definition) is 0. The number of hydrogen-bond acceptors (Lipinski definition) is 6. The van der Waals surface area contributed by atoms with Gasteiger partial charge in [0.1, 0.15) is 25.2 Å². The maximum absolute atomic E-state index is 6.04. The molecule has 6 heteroatoms. The van der Waals surface area contributed by atoms with Gasteiger partial charge in [0, 0.05) is 5.56 Å².